The van der Waals surface area contributed by atoms with E-state index >= 15 is 0 Å². The third-order valence-corrected chi connectivity index (χ3v) is 7.93. The Morgan fingerprint density at radius 1 is 1.17 bits per heavy atom. The van der Waals surface area contributed by atoms with Crippen molar-refractivity contribution in [2.75, 3.05) is 26.9 Å². The Balaban J connectivity index is 1.56. The van der Waals surface area contributed by atoms with Crippen LogP contribution in [0.1, 0.15) is 12.8 Å². The third kappa shape index (κ3) is 5.11. The van der Waals surface area contributed by atoms with Crippen LogP contribution in [0, 0.1) is 5.82 Å². The monoisotopic (exact) mass is 524 g/mol. The standard InChI is InChI=1S/C22H25FN4O8S/c1-33-10-11-34-22(29)27-15-3-8-18(27)20(21(28)25-30)26(13-15)36(31,32)17-6-4-16(5-7-17)35-19-9-2-14(23)12-24-19/h2,4-7,9,12,15,18,20,30H,3,8,10-11,13H2,1H3,(H,25,28)/t15-,18+,20-/m1/s1. The summed E-state index contributed by atoms with van der Waals surface area (Å²) in [6.45, 7) is 0.0347. The highest BCUT2D eigenvalue weighted by Gasteiger charge is 2.55. The molecule has 2 saturated heterocycles. The topological polar surface area (TPSA) is 148 Å². The lowest BCUT2D eigenvalue weighted by atomic mass is 10.1. The molecule has 2 aliphatic heterocycles. The zero-order chi connectivity index (χ0) is 25.9. The predicted octanol–water partition coefficient (Wildman–Crippen LogP) is 1.51. The average Bonchev–Trinajstić information content (AvgIpc) is 3.18. The van der Waals surface area contributed by atoms with E-state index in [1.807, 2.05) is 0 Å². The Morgan fingerprint density at radius 3 is 2.56 bits per heavy atom. The Bertz CT molecular complexity index is 1200. The number of hydroxylamine groups is 1. The van der Waals surface area contributed by atoms with Gasteiger partial charge in [-0.1, -0.05) is 0 Å². The molecule has 2 aliphatic rings. The van der Waals surface area contributed by atoms with Crippen molar-refractivity contribution < 1.29 is 41.8 Å². The maximum Gasteiger partial charge on any atom is 0.410 e. The second-order valence-corrected chi connectivity index (χ2v) is 10.1. The zero-order valence-electron chi connectivity index (χ0n) is 19.2. The SMILES string of the molecule is COCCOC(=O)N1[C@@H]2CC[C@H]1[C@H](C(=O)NO)N(S(=O)(=O)c1ccc(Oc3ccc(F)cn3)cc1)C2. The molecule has 3 heterocycles. The van der Waals surface area contributed by atoms with E-state index in [-0.39, 0.29) is 36.3 Å². The van der Waals surface area contributed by atoms with E-state index in [4.69, 9.17) is 14.2 Å². The molecule has 194 valence electrons. The Morgan fingerprint density at radius 2 is 1.92 bits per heavy atom. The lowest BCUT2D eigenvalue weighted by Crippen LogP contribution is -2.66. The minimum Gasteiger partial charge on any atom is -0.447 e. The van der Waals surface area contributed by atoms with Crippen molar-refractivity contribution in [3.8, 4) is 11.6 Å². The van der Waals surface area contributed by atoms with Crippen molar-refractivity contribution in [1.29, 1.82) is 0 Å². The fraction of sp³-hybridized carbons (Fsp3) is 0.409. The summed E-state index contributed by atoms with van der Waals surface area (Å²) in [5.74, 6) is -1.10. The molecular formula is C22H25FN4O8S. The van der Waals surface area contributed by atoms with Crippen LogP contribution in [0.25, 0.3) is 0 Å². The molecule has 2 bridgehead atoms. The maximum absolute atomic E-state index is 13.5. The largest absolute Gasteiger partial charge is 0.447 e. The van der Waals surface area contributed by atoms with E-state index in [1.54, 1.807) is 0 Å². The van der Waals surface area contributed by atoms with Crippen LogP contribution in [-0.4, -0.2) is 84.8 Å². The van der Waals surface area contributed by atoms with E-state index in [1.165, 1.54) is 53.9 Å². The molecule has 4 rings (SSSR count). The van der Waals surface area contributed by atoms with Gasteiger partial charge in [-0.15, -0.1) is 0 Å². The number of amides is 2. The molecule has 2 fully saturated rings. The number of aromatic nitrogens is 1. The van der Waals surface area contributed by atoms with Gasteiger partial charge in [0.15, 0.2) is 0 Å². The van der Waals surface area contributed by atoms with Crippen LogP contribution in [0.5, 0.6) is 11.6 Å². The van der Waals surface area contributed by atoms with Gasteiger partial charge in [0.25, 0.3) is 5.91 Å². The average molecular weight is 525 g/mol. The first-order valence-electron chi connectivity index (χ1n) is 11.1. The van der Waals surface area contributed by atoms with Gasteiger partial charge in [-0.25, -0.2) is 28.1 Å². The highest BCUT2D eigenvalue weighted by Crippen LogP contribution is 2.38. The number of benzene rings is 1. The molecule has 1 aromatic heterocycles. The fourth-order valence-corrected chi connectivity index (χ4v) is 6.12. The van der Waals surface area contributed by atoms with Crippen LogP contribution in [0.2, 0.25) is 0 Å². The number of methoxy groups -OCH3 is 1. The Kier molecular flexibility index (Phi) is 7.68. The first kappa shape index (κ1) is 25.8. The van der Waals surface area contributed by atoms with E-state index in [9.17, 15) is 27.6 Å². The molecule has 0 radical (unpaired) electrons. The molecule has 0 saturated carbocycles. The van der Waals surface area contributed by atoms with Gasteiger partial charge >= 0.3 is 6.09 Å². The number of fused-ring (bicyclic) bond motifs is 2. The number of nitrogens with one attached hydrogen (secondary N) is 1. The van der Waals surface area contributed by atoms with Crippen LogP contribution >= 0.6 is 0 Å². The molecule has 14 heteroatoms. The molecule has 0 aliphatic carbocycles. The number of hydrogen-bond acceptors (Lipinski definition) is 9. The van der Waals surface area contributed by atoms with Gasteiger partial charge < -0.3 is 14.2 Å². The summed E-state index contributed by atoms with van der Waals surface area (Å²) in [7, 11) is -2.76. The van der Waals surface area contributed by atoms with Crippen molar-refractivity contribution in [1.82, 2.24) is 19.7 Å². The second-order valence-electron chi connectivity index (χ2n) is 8.20. The number of hydrogen-bond donors (Lipinski definition) is 2. The van der Waals surface area contributed by atoms with Gasteiger partial charge in [0.05, 0.1) is 23.7 Å². The van der Waals surface area contributed by atoms with E-state index < -0.39 is 46.0 Å². The molecule has 0 unspecified atom stereocenters. The molecule has 2 amide bonds. The molecule has 1 aromatic carbocycles. The van der Waals surface area contributed by atoms with Crippen molar-refractivity contribution in [2.45, 2.75) is 35.9 Å². The highest BCUT2D eigenvalue weighted by atomic mass is 32.2. The molecular weight excluding hydrogens is 499 g/mol. The van der Waals surface area contributed by atoms with Crippen molar-refractivity contribution in [3.05, 3.63) is 48.4 Å². The van der Waals surface area contributed by atoms with Gasteiger partial charge in [-0.05, 0) is 43.2 Å². The number of carbonyl (C=O) groups is 2. The molecule has 12 nitrogen and oxygen atoms in total. The van der Waals surface area contributed by atoms with E-state index in [0.717, 1.165) is 10.5 Å². The van der Waals surface area contributed by atoms with Gasteiger partial charge in [0.2, 0.25) is 15.9 Å². The summed E-state index contributed by atoms with van der Waals surface area (Å²) in [5.41, 5.74) is 1.53. The summed E-state index contributed by atoms with van der Waals surface area (Å²) in [6, 6.07) is 5.21. The van der Waals surface area contributed by atoms with Crippen LogP contribution in [0.4, 0.5) is 9.18 Å². The molecule has 3 atom stereocenters. The Labute approximate surface area is 206 Å². The smallest absolute Gasteiger partial charge is 0.410 e. The third-order valence-electron chi connectivity index (χ3n) is 6.07. The van der Waals surface area contributed by atoms with Gasteiger partial charge in [0.1, 0.15) is 24.2 Å². The summed E-state index contributed by atoms with van der Waals surface area (Å²) in [4.78, 5) is 30.3. The van der Waals surface area contributed by atoms with Crippen molar-refractivity contribution in [3.63, 3.8) is 0 Å². The van der Waals surface area contributed by atoms with Crippen LogP contribution in [-0.2, 0) is 24.3 Å². The minimum absolute atomic E-state index is 0.00596. The first-order chi connectivity index (χ1) is 17.3. The van der Waals surface area contributed by atoms with E-state index in [2.05, 4.69) is 4.98 Å². The summed E-state index contributed by atoms with van der Waals surface area (Å²) < 4.78 is 56.7. The van der Waals surface area contributed by atoms with Crippen LogP contribution in [0.15, 0.2) is 47.5 Å². The zero-order valence-corrected chi connectivity index (χ0v) is 20.1. The van der Waals surface area contributed by atoms with Crippen molar-refractivity contribution in [2.24, 2.45) is 0 Å². The lowest BCUT2D eigenvalue weighted by molar-refractivity contribution is -0.136. The normalized spacial score (nSPS) is 21.8. The maximum atomic E-state index is 13.5. The fourth-order valence-electron chi connectivity index (χ4n) is 4.46. The minimum atomic E-state index is -4.22. The Hall–Kier alpha value is -3.33. The van der Waals surface area contributed by atoms with Gasteiger partial charge in [-0.3, -0.25) is 14.9 Å². The number of piperazine rings is 1. The van der Waals surface area contributed by atoms with Gasteiger partial charge in [0, 0.05) is 25.8 Å². The number of pyridine rings is 1. The quantitative estimate of drug-likeness (QED) is 0.298. The van der Waals surface area contributed by atoms with Gasteiger partial charge in [-0.2, -0.15) is 4.31 Å². The number of rotatable bonds is 8. The molecule has 2 N–H and O–H groups in total. The molecule has 36 heavy (non-hydrogen) atoms. The summed E-state index contributed by atoms with van der Waals surface area (Å²) in [5, 5.41) is 9.34. The second kappa shape index (κ2) is 10.7. The number of sulfonamides is 1. The van der Waals surface area contributed by atoms with Crippen molar-refractivity contribution >= 4 is 22.0 Å². The number of halogens is 1. The lowest BCUT2D eigenvalue weighted by Gasteiger charge is -2.44. The first-order valence-corrected chi connectivity index (χ1v) is 12.5. The highest BCUT2D eigenvalue weighted by molar-refractivity contribution is 7.89. The molecule has 0 spiro atoms. The van der Waals surface area contributed by atoms with E-state index in [0.29, 0.717) is 12.8 Å². The summed E-state index contributed by atoms with van der Waals surface area (Å²) >= 11 is 0. The predicted molar refractivity (Wildman–Crippen MR) is 120 cm³/mol. The van der Waals surface area contributed by atoms with Crippen LogP contribution < -0.4 is 10.2 Å². The molecule has 2 aromatic rings. The number of carbonyl (C=O) groups excluding carboxylic acids is 2. The number of nitrogens with zero attached hydrogens (tertiary/aromatic N) is 3. The van der Waals surface area contributed by atoms with Crippen LogP contribution in [0.3, 0.4) is 0 Å². The number of ether oxygens (including phenoxy) is 3. The summed E-state index contributed by atoms with van der Waals surface area (Å²) in [6.07, 6.45) is 1.12.